The standard InChI is InChI=1S/C17H19BrFN3O/c18-15-9-12(19)6-7-14(15)17(23)20-16-10-13(21-22-16)8-11-4-2-1-3-5-11/h6-7,9-11H,1-5,8H2,(H2,20,21,22,23). The van der Waals surface area contributed by atoms with E-state index in [-0.39, 0.29) is 11.7 Å². The van der Waals surface area contributed by atoms with Crippen LogP contribution in [0.2, 0.25) is 0 Å². The summed E-state index contributed by atoms with van der Waals surface area (Å²) in [5.41, 5.74) is 1.42. The van der Waals surface area contributed by atoms with Gasteiger partial charge in [0.15, 0.2) is 5.82 Å². The number of nitrogens with zero attached hydrogens (tertiary/aromatic N) is 1. The smallest absolute Gasteiger partial charge is 0.258 e. The first-order chi connectivity index (χ1) is 11.1. The summed E-state index contributed by atoms with van der Waals surface area (Å²) in [5.74, 6) is 0.506. The number of amides is 1. The molecule has 0 saturated heterocycles. The van der Waals surface area contributed by atoms with Crippen LogP contribution >= 0.6 is 15.9 Å². The Morgan fingerprint density at radius 1 is 1.30 bits per heavy atom. The van der Waals surface area contributed by atoms with Crippen molar-refractivity contribution in [3.8, 4) is 0 Å². The van der Waals surface area contributed by atoms with E-state index in [9.17, 15) is 9.18 Å². The Kier molecular flexibility index (Phi) is 5.10. The Hall–Kier alpha value is -1.69. The third-order valence-corrected chi connectivity index (χ3v) is 4.94. The van der Waals surface area contributed by atoms with Crippen molar-refractivity contribution < 1.29 is 9.18 Å². The Morgan fingerprint density at radius 2 is 2.09 bits per heavy atom. The number of aromatic nitrogens is 2. The molecule has 1 fully saturated rings. The van der Waals surface area contributed by atoms with Gasteiger partial charge in [0.05, 0.1) is 5.56 Å². The summed E-state index contributed by atoms with van der Waals surface area (Å²) in [6.45, 7) is 0. The molecule has 0 atom stereocenters. The lowest BCUT2D eigenvalue weighted by Crippen LogP contribution is -2.13. The van der Waals surface area contributed by atoms with Gasteiger partial charge in [-0.1, -0.05) is 32.1 Å². The largest absolute Gasteiger partial charge is 0.305 e. The Balaban J connectivity index is 1.62. The number of benzene rings is 1. The lowest BCUT2D eigenvalue weighted by Gasteiger charge is -2.20. The van der Waals surface area contributed by atoms with Gasteiger partial charge in [0.1, 0.15) is 5.82 Å². The third-order valence-electron chi connectivity index (χ3n) is 4.28. The minimum Gasteiger partial charge on any atom is -0.305 e. The topological polar surface area (TPSA) is 57.8 Å². The SMILES string of the molecule is O=C(Nc1cc(CC2CCCCC2)[nH]n1)c1ccc(F)cc1Br. The van der Waals surface area contributed by atoms with Crippen LogP contribution in [0.4, 0.5) is 10.2 Å². The van der Waals surface area contributed by atoms with Crippen molar-refractivity contribution in [3.63, 3.8) is 0 Å². The van der Waals surface area contributed by atoms with Crippen molar-refractivity contribution in [1.29, 1.82) is 0 Å². The van der Waals surface area contributed by atoms with Crippen molar-refractivity contribution in [1.82, 2.24) is 10.2 Å². The molecule has 0 spiro atoms. The molecular weight excluding hydrogens is 361 g/mol. The lowest BCUT2D eigenvalue weighted by molar-refractivity contribution is 0.102. The monoisotopic (exact) mass is 379 g/mol. The zero-order valence-corrected chi connectivity index (χ0v) is 14.3. The second-order valence-corrected chi connectivity index (χ2v) is 6.92. The highest BCUT2D eigenvalue weighted by atomic mass is 79.9. The van der Waals surface area contributed by atoms with E-state index in [1.807, 2.05) is 6.07 Å². The molecule has 1 saturated carbocycles. The molecule has 3 rings (SSSR count). The second-order valence-electron chi connectivity index (χ2n) is 6.06. The summed E-state index contributed by atoms with van der Waals surface area (Å²) in [6.07, 6.45) is 7.46. The Labute approximate surface area is 143 Å². The van der Waals surface area contributed by atoms with Gasteiger partial charge in [-0.05, 0) is 46.5 Å². The molecule has 122 valence electrons. The first kappa shape index (κ1) is 16.2. The summed E-state index contributed by atoms with van der Waals surface area (Å²) in [5, 5.41) is 9.89. The number of nitrogens with one attached hydrogen (secondary N) is 2. The van der Waals surface area contributed by atoms with Crippen LogP contribution in [0.3, 0.4) is 0 Å². The molecule has 2 aromatic rings. The van der Waals surface area contributed by atoms with Crippen LogP contribution in [-0.2, 0) is 6.42 Å². The van der Waals surface area contributed by atoms with E-state index < -0.39 is 0 Å². The van der Waals surface area contributed by atoms with Crippen LogP contribution in [0.25, 0.3) is 0 Å². The number of carbonyl (C=O) groups is 1. The lowest BCUT2D eigenvalue weighted by atomic mass is 9.86. The number of hydrogen-bond donors (Lipinski definition) is 2. The molecule has 23 heavy (non-hydrogen) atoms. The molecule has 1 amide bonds. The minimum absolute atomic E-state index is 0.312. The molecule has 1 aliphatic carbocycles. The van der Waals surface area contributed by atoms with Gasteiger partial charge in [0.25, 0.3) is 5.91 Å². The van der Waals surface area contributed by atoms with Gasteiger partial charge in [-0.15, -0.1) is 0 Å². The van der Waals surface area contributed by atoms with Gasteiger partial charge in [-0.25, -0.2) is 4.39 Å². The Bertz CT molecular complexity index is 695. The van der Waals surface area contributed by atoms with E-state index in [0.29, 0.717) is 21.8 Å². The highest BCUT2D eigenvalue weighted by molar-refractivity contribution is 9.10. The normalized spacial score (nSPS) is 15.6. The molecule has 1 aromatic carbocycles. The number of anilines is 1. The molecule has 2 N–H and O–H groups in total. The number of rotatable bonds is 4. The molecule has 1 aliphatic rings. The highest BCUT2D eigenvalue weighted by Gasteiger charge is 2.16. The zero-order valence-electron chi connectivity index (χ0n) is 12.7. The van der Waals surface area contributed by atoms with Crippen LogP contribution in [-0.4, -0.2) is 16.1 Å². The van der Waals surface area contributed by atoms with E-state index in [1.54, 1.807) is 0 Å². The van der Waals surface area contributed by atoms with Crippen LogP contribution in [0.5, 0.6) is 0 Å². The maximum atomic E-state index is 13.1. The number of aromatic amines is 1. The van der Waals surface area contributed by atoms with Crippen molar-refractivity contribution in [2.75, 3.05) is 5.32 Å². The number of hydrogen-bond acceptors (Lipinski definition) is 2. The first-order valence-electron chi connectivity index (χ1n) is 7.92. The van der Waals surface area contributed by atoms with Gasteiger partial charge in [-0.3, -0.25) is 9.89 Å². The van der Waals surface area contributed by atoms with Gasteiger partial charge < -0.3 is 5.32 Å². The molecule has 4 nitrogen and oxygen atoms in total. The highest BCUT2D eigenvalue weighted by Crippen LogP contribution is 2.27. The molecule has 0 unspecified atom stereocenters. The van der Waals surface area contributed by atoms with E-state index in [1.165, 1.54) is 50.3 Å². The molecule has 0 radical (unpaired) electrons. The molecule has 0 bridgehead atoms. The molecule has 6 heteroatoms. The van der Waals surface area contributed by atoms with Crippen LogP contribution in [0.1, 0.15) is 48.2 Å². The summed E-state index contributed by atoms with van der Waals surface area (Å²) < 4.78 is 13.5. The molecule has 1 aromatic heterocycles. The van der Waals surface area contributed by atoms with Crippen LogP contribution in [0, 0.1) is 11.7 Å². The van der Waals surface area contributed by atoms with Crippen molar-refractivity contribution in [2.45, 2.75) is 38.5 Å². The molecule has 1 heterocycles. The maximum Gasteiger partial charge on any atom is 0.258 e. The molecular formula is C17H19BrFN3O. The van der Waals surface area contributed by atoms with Crippen molar-refractivity contribution in [3.05, 3.63) is 45.8 Å². The van der Waals surface area contributed by atoms with E-state index in [2.05, 4.69) is 31.4 Å². The van der Waals surface area contributed by atoms with E-state index in [0.717, 1.165) is 12.1 Å². The predicted octanol–water partition coefficient (Wildman–Crippen LogP) is 4.69. The second kappa shape index (κ2) is 7.25. The summed E-state index contributed by atoms with van der Waals surface area (Å²) in [7, 11) is 0. The van der Waals surface area contributed by atoms with Crippen LogP contribution < -0.4 is 5.32 Å². The fourth-order valence-corrected chi connectivity index (χ4v) is 3.62. The van der Waals surface area contributed by atoms with E-state index >= 15 is 0 Å². The van der Waals surface area contributed by atoms with Crippen molar-refractivity contribution in [2.24, 2.45) is 5.92 Å². The van der Waals surface area contributed by atoms with E-state index in [4.69, 9.17) is 0 Å². The van der Waals surface area contributed by atoms with Gasteiger partial charge in [0, 0.05) is 16.2 Å². The third kappa shape index (κ3) is 4.19. The average Bonchev–Trinajstić information content (AvgIpc) is 2.95. The number of halogens is 2. The van der Waals surface area contributed by atoms with Crippen LogP contribution in [0.15, 0.2) is 28.7 Å². The van der Waals surface area contributed by atoms with Crippen molar-refractivity contribution >= 4 is 27.7 Å². The fourth-order valence-electron chi connectivity index (χ4n) is 3.09. The summed E-state index contributed by atoms with van der Waals surface area (Å²) >= 11 is 3.20. The fraction of sp³-hybridized carbons (Fsp3) is 0.412. The predicted molar refractivity (Wildman–Crippen MR) is 90.9 cm³/mol. The summed E-state index contributed by atoms with van der Waals surface area (Å²) in [6, 6.07) is 5.86. The van der Waals surface area contributed by atoms with Gasteiger partial charge in [0.2, 0.25) is 0 Å². The first-order valence-corrected chi connectivity index (χ1v) is 8.72. The maximum absolute atomic E-state index is 13.1. The zero-order chi connectivity index (χ0) is 16.2. The number of carbonyl (C=O) groups excluding carboxylic acids is 1. The average molecular weight is 380 g/mol. The minimum atomic E-state index is -0.386. The quantitative estimate of drug-likeness (QED) is 0.809. The van der Waals surface area contributed by atoms with Gasteiger partial charge >= 0.3 is 0 Å². The number of H-pyrrole nitrogens is 1. The van der Waals surface area contributed by atoms with Gasteiger partial charge in [-0.2, -0.15) is 5.10 Å². The molecule has 0 aliphatic heterocycles. The Morgan fingerprint density at radius 3 is 2.83 bits per heavy atom. The summed E-state index contributed by atoms with van der Waals surface area (Å²) in [4.78, 5) is 12.2.